The van der Waals surface area contributed by atoms with Gasteiger partial charge in [0.05, 0.1) is 0 Å². The standard InChI is InChI=1S/C13H21ClN4O/c1-7-8(14)16-11(12(2,3)4)17-9(7)18-13(5,6)10(15)19/h1-6H3,(H2,15,19)(H,16,17,18). The van der Waals surface area contributed by atoms with Gasteiger partial charge in [0.2, 0.25) is 5.91 Å². The maximum atomic E-state index is 11.4. The predicted octanol–water partition coefficient (Wildman–Crippen LogP) is 2.41. The van der Waals surface area contributed by atoms with Crippen LogP contribution in [-0.4, -0.2) is 21.4 Å². The van der Waals surface area contributed by atoms with Gasteiger partial charge in [-0.3, -0.25) is 4.79 Å². The summed E-state index contributed by atoms with van der Waals surface area (Å²) in [4.78, 5) is 20.1. The van der Waals surface area contributed by atoms with Crippen LogP contribution in [0.5, 0.6) is 0 Å². The summed E-state index contributed by atoms with van der Waals surface area (Å²) in [5, 5.41) is 3.41. The van der Waals surface area contributed by atoms with Crippen LogP contribution in [0.15, 0.2) is 0 Å². The first-order valence-corrected chi connectivity index (χ1v) is 6.45. The maximum absolute atomic E-state index is 11.4. The molecule has 1 rings (SSSR count). The van der Waals surface area contributed by atoms with Crippen LogP contribution >= 0.6 is 11.6 Å². The van der Waals surface area contributed by atoms with Crippen LogP contribution in [0.4, 0.5) is 5.82 Å². The molecule has 106 valence electrons. The van der Waals surface area contributed by atoms with E-state index in [4.69, 9.17) is 17.3 Å². The highest BCUT2D eigenvalue weighted by atomic mass is 35.5. The molecule has 0 aliphatic heterocycles. The van der Waals surface area contributed by atoms with Gasteiger partial charge >= 0.3 is 0 Å². The number of nitrogens with two attached hydrogens (primary N) is 1. The Bertz CT molecular complexity index is 506. The minimum absolute atomic E-state index is 0.232. The van der Waals surface area contributed by atoms with Gasteiger partial charge in [-0.2, -0.15) is 0 Å². The van der Waals surface area contributed by atoms with Crippen molar-refractivity contribution in [1.82, 2.24) is 9.97 Å². The molecule has 0 aromatic carbocycles. The summed E-state index contributed by atoms with van der Waals surface area (Å²) >= 11 is 6.13. The first-order valence-electron chi connectivity index (χ1n) is 6.08. The van der Waals surface area contributed by atoms with E-state index in [9.17, 15) is 4.79 Å². The van der Waals surface area contributed by atoms with Crippen molar-refractivity contribution >= 4 is 23.3 Å². The van der Waals surface area contributed by atoms with Gasteiger partial charge in [-0.25, -0.2) is 9.97 Å². The van der Waals surface area contributed by atoms with Gasteiger partial charge < -0.3 is 11.1 Å². The van der Waals surface area contributed by atoms with E-state index in [-0.39, 0.29) is 5.41 Å². The zero-order valence-electron chi connectivity index (χ0n) is 12.3. The van der Waals surface area contributed by atoms with Crippen molar-refractivity contribution in [3.63, 3.8) is 0 Å². The monoisotopic (exact) mass is 284 g/mol. The van der Waals surface area contributed by atoms with Crippen molar-refractivity contribution in [1.29, 1.82) is 0 Å². The van der Waals surface area contributed by atoms with Crippen molar-refractivity contribution in [2.45, 2.75) is 52.5 Å². The minimum Gasteiger partial charge on any atom is -0.368 e. The van der Waals surface area contributed by atoms with E-state index >= 15 is 0 Å². The Kier molecular flexibility index (Phi) is 4.10. The summed E-state index contributed by atoms with van der Waals surface area (Å²) in [7, 11) is 0. The second-order valence-corrected chi connectivity index (χ2v) is 6.53. The fourth-order valence-corrected chi connectivity index (χ4v) is 1.47. The maximum Gasteiger partial charge on any atom is 0.242 e. The third-order valence-electron chi connectivity index (χ3n) is 2.80. The van der Waals surface area contributed by atoms with E-state index in [1.54, 1.807) is 20.8 Å². The summed E-state index contributed by atoms with van der Waals surface area (Å²) in [6.07, 6.45) is 0. The number of carbonyl (C=O) groups is 1. The zero-order valence-corrected chi connectivity index (χ0v) is 13.0. The van der Waals surface area contributed by atoms with Gasteiger partial charge in [0, 0.05) is 11.0 Å². The number of aromatic nitrogens is 2. The molecule has 1 amide bonds. The topological polar surface area (TPSA) is 80.9 Å². The summed E-state index contributed by atoms with van der Waals surface area (Å²) in [6.45, 7) is 11.2. The number of hydrogen-bond donors (Lipinski definition) is 2. The van der Waals surface area contributed by atoms with Gasteiger partial charge in [0.1, 0.15) is 22.3 Å². The van der Waals surface area contributed by atoms with Crippen molar-refractivity contribution in [2.24, 2.45) is 5.73 Å². The smallest absolute Gasteiger partial charge is 0.242 e. The lowest BCUT2D eigenvalue weighted by Gasteiger charge is -2.26. The highest BCUT2D eigenvalue weighted by molar-refractivity contribution is 6.30. The lowest BCUT2D eigenvalue weighted by molar-refractivity contribution is -0.121. The SMILES string of the molecule is Cc1c(Cl)nc(C(C)(C)C)nc1NC(C)(C)C(N)=O. The molecule has 0 atom stereocenters. The molecule has 5 nitrogen and oxygen atoms in total. The number of amides is 1. The number of nitrogens with one attached hydrogen (secondary N) is 1. The molecular formula is C13H21ClN4O. The molecule has 0 saturated carbocycles. The Balaban J connectivity index is 3.28. The summed E-state index contributed by atoms with van der Waals surface area (Å²) < 4.78 is 0. The molecule has 1 aromatic heterocycles. The van der Waals surface area contributed by atoms with Crippen LogP contribution in [0.3, 0.4) is 0 Å². The summed E-state index contributed by atoms with van der Waals surface area (Å²) in [5.41, 5.74) is 4.91. The lowest BCUT2D eigenvalue weighted by Crippen LogP contribution is -2.45. The van der Waals surface area contributed by atoms with E-state index in [1.807, 2.05) is 20.8 Å². The third-order valence-corrected chi connectivity index (χ3v) is 3.17. The van der Waals surface area contributed by atoms with Gasteiger partial charge in [0.15, 0.2) is 0 Å². The number of carbonyl (C=O) groups excluding carboxylic acids is 1. The first kappa shape index (κ1) is 15.7. The van der Waals surface area contributed by atoms with Crippen LogP contribution in [0.2, 0.25) is 5.15 Å². The number of halogens is 1. The molecule has 1 aromatic rings. The van der Waals surface area contributed by atoms with Crippen molar-refractivity contribution < 1.29 is 4.79 Å². The Morgan fingerprint density at radius 3 is 2.16 bits per heavy atom. The predicted molar refractivity (Wildman–Crippen MR) is 77.4 cm³/mol. The highest BCUT2D eigenvalue weighted by Crippen LogP contribution is 2.27. The quantitative estimate of drug-likeness (QED) is 0.835. The van der Waals surface area contributed by atoms with E-state index < -0.39 is 11.4 Å². The van der Waals surface area contributed by atoms with Crippen molar-refractivity contribution in [2.75, 3.05) is 5.32 Å². The third kappa shape index (κ3) is 3.56. The van der Waals surface area contributed by atoms with Gasteiger partial charge in [0.25, 0.3) is 0 Å². The van der Waals surface area contributed by atoms with Crippen LogP contribution in [-0.2, 0) is 10.2 Å². The van der Waals surface area contributed by atoms with E-state index in [1.165, 1.54) is 0 Å². The van der Waals surface area contributed by atoms with Crippen LogP contribution in [0, 0.1) is 6.92 Å². The summed E-state index contributed by atoms with van der Waals surface area (Å²) in [5.74, 6) is 0.693. The average Bonchev–Trinajstić information content (AvgIpc) is 2.22. The Morgan fingerprint density at radius 1 is 1.21 bits per heavy atom. The number of nitrogens with zero attached hydrogens (tertiary/aromatic N) is 2. The van der Waals surface area contributed by atoms with E-state index in [0.29, 0.717) is 22.4 Å². The number of rotatable bonds is 3. The zero-order chi connectivity index (χ0) is 15.0. The Labute approximate surface area is 119 Å². The normalized spacial score (nSPS) is 12.4. The molecule has 1 heterocycles. The van der Waals surface area contributed by atoms with E-state index in [0.717, 1.165) is 0 Å². The molecular weight excluding hydrogens is 264 g/mol. The second-order valence-electron chi connectivity index (χ2n) is 6.18. The van der Waals surface area contributed by atoms with Gasteiger partial charge in [-0.1, -0.05) is 32.4 Å². The Hall–Kier alpha value is -1.36. The lowest BCUT2D eigenvalue weighted by atomic mass is 9.95. The molecule has 0 saturated heterocycles. The molecule has 0 aliphatic carbocycles. The van der Waals surface area contributed by atoms with Crippen LogP contribution < -0.4 is 11.1 Å². The number of primary amides is 1. The molecule has 0 fully saturated rings. The molecule has 6 heteroatoms. The number of anilines is 1. The highest BCUT2D eigenvalue weighted by Gasteiger charge is 2.28. The minimum atomic E-state index is -0.905. The largest absolute Gasteiger partial charge is 0.368 e. The van der Waals surface area contributed by atoms with Gasteiger partial charge in [-0.05, 0) is 20.8 Å². The first-order chi connectivity index (χ1) is 8.45. The molecule has 3 N–H and O–H groups in total. The number of hydrogen-bond acceptors (Lipinski definition) is 4. The molecule has 19 heavy (non-hydrogen) atoms. The fourth-order valence-electron chi connectivity index (χ4n) is 1.30. The molecule has 0 radical (unpaired) electrons. The second kappa shape index (κ2) is 4.96. The van der Waals surface area contributed by atoms with Crippen molar-refractivity contribution in [3.8, 4) is 0 Å². The van der Waals surface area contributed by atoms with Crippen LogP contribution in [0.1, 0.15) is 46.0 Å². The Morgan fingerprint density at radius 2 is 1.74 bits per heavy atom. The molecule has 0 aliphatic rings. The van der Waals surface area contributed by atoms with Gasteiger partial charge in [-0.15, -0.1) is 0 Å². The molecule has 0 spiro atoms. The fraction of sp³-hybridized carbons (Fsp3) is 0.615. The van der Waals surface area contributed by atoms with Crippen molar-refractivity contribution in [3.05, 3.63) is 16.5 Å². The molecule has 0 unspecified atom stereocenters. The van der Waals surface area contributed by atoms with Crippen LogP contribution in [0.25, 0.3) is 0 Å². The average molecular weight is 285 g/mol. The molecule has 0 bridgehead atoms. The summed E-state index contributed by atoms with van der Waals surface area (Å²) in [6, 6.07) is 0. The van der Waals surface area contributed by atoms with E-state index in [2.05, 4.69) is 15.3 Å².